The quantitative estimate of drug-likeness (QED) is 0.821. The Balaban J connectivity index is 2.00. The van der Waals surface area contributed by atoms with E-state index in [0.29, 0.717) is 0 Å². The van der Waals surface area contributed by atoms with Gasteiger partial charge in [-0.2, -0.15) is 0 Å². The lowest BCUT2D eigenvalue weighted by molar-refractivity contribution is -0.139. The van der Waals surface area contributed by atoms with E-state index in [4.69, 9.17) is 4.74 Å². The van der Waals surface area contributed by atoms with E-state index in [0.717, 1.165) is 25.3 Å². The molecule has 0 amide bonds. The van der Waals surface area contributed by atoms with Crippen molar-refractivity contribution in [2.45, 2.75) is 25.7 Å². The molecule has 0 aliphatic carbocycles. The summed E-state index contributed by atoms with van der Waals surface area (Å²) in [5, 5.41) is 3.14. The highest BCUT2D eigenvalue weighted by Crippen LogP contribution is 2.31. The molecule has 0 bridgehead atoms. The van der Waals surface area contributed by atoms with Crippen molar-refractivity contribution in [3.63, 3.8) is 0 Å². The standard InChI is InChI=1S/C15H21NO3/c1-15(2,10-16-9-14(17)18-3)12-4-5-13-11(8-12)6-7-19-13/h4-5,8,16H,6-7,9-10H2,1-3H3. The second-order valence-electron chi connectivity index (χ2n) is 5.48. The number of methoxy groups -OCH3 is 1. The fourth-order valence-electron chi connectivity index (χ4n) is 2.26. The Kier molecular flexibility index (Phi) is 4.10. The Hall–Kier alpha value is -1.55. The van der Waals surface area contributed by atoms with Crippen LogP contribution in [0.5, 0.6) is 5.75 Å². The predicted octanol–water partition coefficient (Wildman–Crippen LogP) is 1.66. The van der Waals surface area contributed by atoms with Crippen molar-refractivity contribution in [2.24, 2.45) is 0 Å². The second kappa shape index (κ2) is 5.61. The van der Waals surface area contributed by atoms with E-state index in [1.807, 2.05) is 6.07 Å². The van der Waals surface area contributed by atoms with Gasteiger partial charge < -0.3 is 14.8 Å². The molecular formula is C15H21NO3. The number of carbonyl (C=O) groups is 1. The molecule has 0 fully saturated rings. The van der Waals surface area contributed by atoms with Crippen LogP contribution in [0.1, 0.15) is 25.0 Å². The highest BCUT2D eigenvalue weighted by Gasteiger charge is 2.23. The number of ether oxygens (including phenoxy) is 2. The molecule has 104 valence electrons. The molecule has 0 atom stereocenters. The molecule has 4 nitrogen and oxygen atoms in total. The lowest BCUT2D eigenvalue weighted by atomic mass is 9.83. The highest BCUT2D eigenvalue weighted by atomic mass is 16.5. The molecule has 0 saturated carbocycles. The van der Waals surface area contributed by atoms with Crippen LogP contribution >= 0.6 is 0 Å². The van der Waals surface area contributed by atoms with E-state index in [1.165, 1.54) is 18.2 Å². The third kappa shape index (κ3) is 3.26. The Morgan fingerprint density at radius 3 is 3.00 bits per heavy atom. The summed E-state index contributed by atoms with van der Waals surface area (Å²) >= 11 is 0. The maximum atomic E-state index is 11.1. The van der Waals surface area contributed by atoms with Gasteiger partial charge in [-0.3, -0.25) is 4.79 Å². The van der Waals surface area contributed by atoms with Gasteiger partial charge in [0, 0.05) is 18.4 Å². The van der Waals surface area contributed by atoms with Crippen molar-refractivity contribution < 1.29 is 14.3 Å². The van der Waals surface area contributed by atoms with Gasteiger partial charge in [0.25, 0.3) is 0 Å². The number of hydrogen-bond acceptors (Lipinski definition) is 4. The first-order valence-corrected chi connectivity index (χ1v) is 6.57. The van der Waals surface area contributed by atoms with Gasteiger partial charge in [0.15, 0.2) is 0 Å². The van der Waals surface area contributed by atoms with Crippen LogP contribution in [0.15, 0.2) is 18.2 Å². The summed E-state index contributed by atoms with van der Waals surface area (Å²) in [5.41, 5.74) is 2.50. The summed E-state index contributed by atoms with van der Waals surface area (Å²) in [6.07, 6.45) is 0.981. The first kappa shape index (κ1) is 13.9. The maximum absolute atomic E-state index is 11.1. The number of carbonyl (C=O) groups excluding carboxylic acids is 1. The zero-order valence-corrected chi connectivity index (χ0v) is 11.8. The molecule has 0 radical (unpaired) electrons. The van der Waals surface area contributed by atoms with Gasteiger partial charge in [-0.25, -0.2) is 0 Å². The van der Waals surface area contributed by atoms with Crippen molar-refractivity contribution in [2.75, 3.05) is 26.8 Å². The molecule has 1 aromatic rings. The number of rotatable bonds is 5. The molecule has 0 saturated heterocycles. The summed E-state index contributed by atoms with van der Waals surface area (Å²) in [6, 6.07) is 6.35. The summed E-state index contributed by atoms with van der Waals surface area (Å²) in [5.74, 6) is 0.764. The van der Waals surface area contributed by atoms with Crippen LogP contribution < -0.4 is 10.1 Å². The van der Waals surface area contributed by atoms with Gasteiger partial charge in [-0.15, -0.1) is 0 Å². The van der Waals surface area contributed by atoms with Gasteiger partial charge >= 0.3 is 5.97 Å². The summed E-state index contributed by atoms with van der Waals surface area (Å²) in [4.78, 5) is 11.1. The molecule has 0 aromatic heterocycles. The number of fused-ring (bicyclic) bond motifs is 1. The van der Waals surface area contributed by atoms with E-state index in [-0.39, 0.29) is 17.9 Å². The van der Waals surface area contributed by atoms with Crippen LogP contribution in [-0.4, -0.2) is 32.8 Å². The first-order chi connectivity index (χ1) is 9.03. The van der Waals surface area contributed by atoms with Crippen LogP contribution in [0.25, 0.3) is 0 Å². The molecule has 1 heterocycles. The monoisotopic (exact) mass is 263 g/mol. The number of benzene rings is 1. The van der Waals surface area contributed by atoms with E-state index in [9.17, 15) is 4.79 Å². The molecule has 0 unspecified atom stereocenters. The lowest BCUT2D eigenvalue weighted by Crippen LogP contribution is -2.36. The number of nitrogens with one attached hydrogen (secondary N) is 1. The van der Waals surface area contributed by atoms with Crippen molar-refractivity contribution in [1.82, 2.24) is 5.32 Å². The van der Waals surface area contributed by atoms with Gasteiger partial charge in [-0.1, -0.05) is 26.0 Å². The Morgan fingerprint density at radius 1 is 1.47 bits per heavy atom. The topological polar surface area (TPSA) is 47.6 Å². The second-order valence-corrected chi connectivity index (χ2v) is 5.48. The zero-order chi connectivity index (χ0) is 13.9. The van der Waals surface area contributed by atoms with Crippen LogP contribution in [0.2, 0.25) is 0 Å². The predicted molar refractivity (Wildman–Crippen MR) is 73.6 cm³/mol. The van der Waals surface area contributed by atoms with Crippen molar-refractivity contribution in [1.29, 1.82) is 0 Å². The number of hydrogen-bond donors (Lipinski definition) is 1. The highest BCUT2D eigenvalue weighted by molar-refractivity contribution is 5.71. The minimum atomic E-state index is -0.238. The fourth-order valence-corrected chi connectivity index (χ4v) is 2.26. The average Bonchev–Trinajstić information content (AvgIpc) is 2.85. The zero-order valence-electron chi connectivity index (χ0n) is 11.8. The minimum Gasteiger partial charge on any atom is -0.493 e. The van der Waals surface area contributed by atoms with Crippen molar-refractivity contribution >= 4 is 5.97 Å². The van der Waals surface area contributed by atoms with Gasteiger partial charge in [0.2, 0.25) is 0 Å². The van der Waals surface area contributed by atoms with Crippen LogP contribution in [-0.2, 0) is 21.4 Å². The normalized spacial score (nSPS) is 13.8. The van der Waals surface area contributed by atoms with Gasteiger partial charge in [0.1, 0.15) is 5.75 Å². The van der Waals surface area contributed by atoms with Crippen molar-refractivity contribution in [3.05, 3.63) is 29.3 Å². The molecular weight excluding hydrogens is 242 g/mol. The Labute approximate surface area is 114 Å². The molecule has 2 rings (SSSR count). The first-order valence-electron chi connectivity index (χ1n) is 6.57. The third-order valence-electron chi connectivity index (χ3n) is 3.53. The van der Waals surface area contributed by atoms with Gasteiger partial charge in [-0.05, 0) is 17.2 Å². The molecule has 1 N–H and O–H groups in total. The molecule has 4 heteroatoms. The molecule has 0 spiro atoms. The van der Waals surface area contributed by atoms with E-state index in [2.05, 4.69) is 36.0 Å². The summed E-state index contributed by atoms with van der Waals surface area (Å²) in [7, 11) is 1.40. The van der Waals surface area contributed by atoms with E-state index in [1.54, 1.807) is 0 Å². The minimum absolute atomic E-state index is 0.0361. The third-order valence-corrected chi connectivity index (χ3v) is 3.53. The molecule has 19 heavy (non-hydrogen) atoms. The average molecular weight is 263 g/mol. The number of esters is 1. The summed E-state index contributed by atoms with van der Waals surface area (Å²) in [6.45, 7) is 6.07. The van der Waals surface area contributed by atoms with Gasteiger partial charge in [0.05, 0.1) is 20.3 Å². The SMILES string of the molecule is COC(=O)CNCC(C)(C)c1ccc2c(c1)CCO2. The van der Waals surface area contributed by atoms with Crippen LogP contribution in [0, 0.1) is 0 Å². The molecule has 1 aromatic carbocycles. The smallest absolute Gasteiger partial charge is 0.319 e. The van der Waals surface area contributed by atoms with E-state index < -0.39 is 0 Å². The molecule has 1 aliphatic heterocycles. The van der Waals surface area contributed by atoms with Crippen molar-refractivity contribution in [3.8, 4) is 5.75 Å². The summed E-state index contributed by atoms with van der Waals surface area (Å²) < 4.78 is 10.1. The fraction of sp³-hybridized carbons (Fsp3) is 0.533. The largest absolute Gasteiger partial charge is 0.493 e. The Bertz CT molecular complexity index is 468. The molecule has 1 aliphatic rings. The lowest BCUT2D eigenvalue weighted by Gasteiger charge is -2.26. The van der Waals surface area contributed by atoms with E-state index >= 15 is 0 Å². The Morgan fingerprint density at radius 2 is 2.26 bits per heavy atom. The maximum Gasteiger partial charge on any atom is 0.319 e. The van der Waals surface area contributed by atoms with Crippen LogP contribution in [0.3, 0.4) is 0 Å². The van der Waals surface area contributed by atoms with Crippen LogP contribution in [0.4, 0.5) is 0 Å².